The third-order valence-corrected chi connectivity index (χ3v) is 8.43. The average molecular weight is 465 g/mol. The van der Waals surface area contributed by atoms with E-state index in [0.29, 0.717) is 12.1 Å². The molecule has 2 nitrogen and oxygen atoms in total. The Balaban J connectivity index is 1.08. The van der Waals surface area contributed by atoms with Gasteiger partial charge in [0.2, 0.25) is 0 Å². The molecule has 0 radical (unpaired) electrons. The van der Waals surface area contributed by atoms with Crippen molar-refractivity contribution in [3.63, 3.8) is 0 Å². The van der Waals surface area contributed by atoms with Crippen molar-refractivity contribution in [3.8, 4) is 0 Å². The molecule has 182 valence electrons. The molecule has 2 fully saturated rings. The molecule has 3 aromatic rings. The zero-order chi connectivity index (χ0) is 24.0. The Morgan fingerprint density at radius 2 is 1.20 bits per heavy atom. The summed E-state index contributed by atoms with van der Waals surface area (Å²) in [7, 11) is 0. The molecule has 35 heavy (non-hydrogen) atoms. The smallest absolute Gasteiger partial charge is 0.0422 e. The molecule has 2 aliphatic carbocycles. The number of fused-ring (bicyclic) bond motifs is 1. The van der Waals surface area contributed by atoms with Crippen molar-refractivity contribution < 1.29 is 0 Å². The van der Waals surface area contributed by atoms with Gasteiger partial charge in [-0.15, -0.1) is 0 Å². The standard InChI is InChI=1S/C33H40N2/c1-3-26-10-7-13-32(30(26)4-2)34-28-19-15-24(16-20-28)23-25-17-21-29(22-18-25)35-33-14-8-11-27-9-5-6-12-31(27)33/h3-14,24-25,28-29,34-35H,1-2,15-23H2. The summed E-state index contributed by atoms with van der Waals surface area (Å²) in [5.74, 6) is 1.81. The second-order valence-corrected chi connectivity index (χ2v) is 10.7. The highest BCUT2D eigenvalue weighted by Gasteiger charge is 2.27. The molecule has 0 unspecified atom stereocenters. The summed E-state index contributed by atoms with van der Waals surface area (Å²) in [6.07, 6.45) is 15.9. The maximum Gasteiger partial charge on any atom is 0.0422 e. The van der Waals surface area contributed by atoms with Gasteiger partial charge in [0.25, 0.3) is 0 Å². The van der Waals surface area contributed by atoms with Gasteiger partial charge in [0, 0.05) is 34.4 Å². The number of benzene rings is 3. The largest absolute Gasteiger partial charge is 0.382 e. The molecule has 2 aliphatic rings. The molecule has 2 heteroatoms. The Bertz CT molecular complexity index is 1140. The van der Waals surface area contributed by atoms with Gasteiger partial charge in [-0.05, 0) is 92.7 Å². The second kappa shape index (κ2) is 11.2. The third-order valence-electron chi connectivity index (χ3n) is 8.43. The van der Waals surface area contributed by atoms with Crippen molar-refractivity contribution in [1.82, 2.24) is 0 Å². The van der Waals surface area contributed by atoms with Crippen LogP contribution in [0.4, 0.5) is 11.4 Å². The van der Waals surface area contributed by atoms with Gasteiger partial charge >= 0.3 is 0 Å². The summed E-state index contributed by atoms with van der Waals surface area (Å²) in [6.45, 7) is 7.97. The lowest BCUT2D eigenvalue weighted by Crippen LogP contribution is -2.30. The molecule has 0 aliphatic heterocycles. The fraction of sp³-hybridized carbons (Fsp3) is 0.394. The third kappa shape index (κ3) is 5.64. The Morgan fingerprint density at radius 1 is 0.629 bits per heavy atom. The molecule has 0 aromatic heterocycles. The molecule has 3 aromatic carbocycles. The Kier molecular flexibility index (Phi) is 7.57. The van der Waals surface area contributed by atoms with Crippen molar-refractivity contribution in [2.45, 2.75) is 69.9 Å². The van der Waals surface area contributed by atoms with Crippen molar-refractivity contribution in [2.24, 2.45) is 11.8 Å². The molecule has 0 bridgehead atoms. The van der Waals surface area contributed by atoms with Crippen molar-refractivity contribution in [2.75, 3.05) is 10.6 Å². The van der Waals surface area contributed by atoms with E-state index in [4.69, 9.17) is 0 Å². The molecule has 0 amide bonds. The minimum absolute atomic E-state index is 0.575. The summed E-state index contributed by atoms with van der Waals surface area (Å²) in [6, 6.07) is 22.9. The SMILES string of the molecule is C=Cc1cccc(NC2CCC(CC3CCC(Nc4cccc5ccccc45)CC3)CC2)c1C=C. The zero-order valence-corrected chi connectivity index (χ0v) is 21.0. The maximum atomic E-state index is 4.02. The minimum Gasteiger partial charge on any atom is -0.382 e. The van der Waals surface area contributed by atoms with Crippen molar-refractivity contribution >= 4 is 34.3 Å². The van der Waals surface area contributed by atoms with Crippen molar-refractivity contribution in [3.05, 3.63) is 84.9 Å². The van der Waals surface area contributed by atoms with Gasteiger partial charge in [-0.3, -0.25) is 0 Å². The summed E-state index contributed by atoms with van der Waals surface area (Å²) in [5, 5.41) is 10.4. The Hall–Kier alpha value is -3.00. The topological polar surface area (TPSA) is 24.1 Å². The molecule has 2 saturated carbocycles. The minimum atomic E-state index is 0.575. The highest BCUT2D eigenvalue weighted by Crippen LogP contribution is 2.37. The highest BCUT2D eigenvalue weighted by molar-refractivity contribution is 5.93. The zero-order valence-electron chi connectivity index (χ0n) is 21.0. The van der Waals surface area contributed by atoms with E-state index in [9.17, 15) is 0 Å². The average Bonchev–Trinajstić information content (AvgIpc) is 2.91. The highest BCUT2D eigenvalue weighted by atomic mass is 14.9. The van der Waals surface area contributed by atoms with Crippen LogP contribution in [0.3, 0.4) is 0 Å². The number of hydrogen-bond acceptors (Lipinski definition) is 2. The first-order valence-electron chi connectivity index (χ1n) is 13.6. The summed E-state index contributed by atoms with van der Waals surface area (Å²) in [5.41, 5.74) is 4.84. The molecule has 0 saturated heterocycles. The van der Waals surface area contributed by atoms with Gasteiger partial charge in [0.1, 0.15) is 0 Å². The van der Waals surface area contributed by atoms with E-state index in [-0.39, 0.29) is 0 Å². The van der Waals surface area contributed by atoms with Crippen LogP contribution in [0, 0.1) is 11.8 Å². The van der Waals surface area contributed by atoms with Gasteiger partial charge in [-0.1, -0.05) is 73.8 Å². The monoisotopic (exact) mass is 464 g/mol. The van der Waals surface area contributed by atoms with Crippen LogP contribution in [-0.2, 0) is 0 Å². The van der Waals surface area contributed by atoms with Gasteiger partial charge < -0.3 is 10.6 Å². The first-order valence-corrected chi connectivity index (χ1v) is 13.6. The van der Waals surface area contributed by atoms with Gasteiger partial charge in [-0.2, -0.15) is 0 Å². The molecular formula is C33H40N2. The normalized spacial score (nSPS) is 24.6. The van der Waals surface area contributed by atoms with Gasteiger partial charge in [0.15, 0.2) is 0 Å². The van der Waals surface area contributed by atoms with E-state index in [1.165, 1.54) is 85.5 Å². The van der Waals surface area contributed by atoms with Crippen LogP contribution in [0.15, 0.2) is 73.8 Å². The fourth-order valence-electron chi connectivity index (χ4n) is 6.46. The van der Waals surface area contributed by atoms with Gasteiger partial charge in [0.05, 0.1) is 0 Å². The van der Waals surface area contributed by atoms with E-state index >= 15 is 0 Å². The number of anilines is 2. The van der Waals surface area contributed by atoms with Crippen LogP contribution < -0.4 is 10.6 Å². The summed E-state index contributed by atoms with van der Waals surface area (Å²) in [4.78, 5) is 0. The van der Waals surface area contributed by atoms with Crippen LogP contribution in [0.2, 0.25) is 0 Å². The predicted octanol–water partition coefficient (Wildman–Crippen LogP) is 9.16. The molecule has 2 N–H and O–H groups in total. The van der Waals surface area contributed by atoms with Crippen LogP contribution in [0.5, 0.6) is 0 Å². The van der Waals surface area contributed by atoms with Crippen LogP contribution in [0.25, 0.3) is 22.9 Å². The second-order valence-electron chi connectivity index (χ2n) is 10.7. The van der Waals surface area contributed by atoms with Gasteiger partial charge in [-0.25, -0.2) is 0 Å². The van der Waals surface area contributed by atoms with E-state index < -0.39 is 0 Å². The van der Waals surface area contributed by atoms with E-state index in [1.54, 1.807) is 0 Å². The first-order chi connectivity index (χ1) is 17.2. The van der Waals surface area contributed by atoms with E-state index in [1.807, 2.05) is 12.2 Å². The molecular weight excluding hydrogens is 424 g/mol. The van der Waals surface area contributed by atoms with E-state index in [2.05, 4.69) is 84.5 Å². The van der Waals surface area contributed by atoms with Crippen LogP contribution in [0.1, 0.15) is 68.9 Å². The van der Waals surface area contributed by atoms with Crippen LogP contribution >= 0.6 is 0 Å². The predicted molar refractivity (Wildman–Crippen MR) is 154 cm³/mol. The Morgan fingerprint density at radius 3 is 1.86 bits per heavy atom. The molecule has 0 heterocycles. The first kappa shape index (κ1) is 23.7. The Labute approximate surface area is 211 Å². The summed E-state index contributed by atoms with van der Waals surface area (Å²) >= 11 is 0. The van der Waals surface area contributed by atoms with Crippen molar-refractivity contribution in [1.29, 1.82) is 0 Å². The quantitative estimate of drug-likeness (QED) is 0.347. The lowest BCUT2D eigenvalue weighted by Gasteiger charge is -2.35. The lowest BCUT2D eigenvalue weighted by molar-refractivity contribution is 0.232. The fourth-order valence-corrected chi connectivity index (χ4v) is 6.46. The number of hydrogen-bond donors (Lipinski definition) is 2. The molecule has 5 rings (SSSR count). The van der Waals surface area contributed by atoms with Crippen LogP contribution in [-0.4, -0.2) is 12.1 Å². The molecule has 0 spiro atoms. The number of rotatable bonds is 8. The lowest BCUT2D eigenvalue weighted by atomic mass is 9.75. The number of nitrogens with one attached hydrogen (secondary N) is 2. The summed E-state index contributed by atoms with van der Waals surface area (Å²) < 4.78 is 0. The van der Waals surface area contributed by atoms with E-state index in [0.717, 1.165) is 17.4 Å². The maximum absolute atomic E-state index is 4.02. The molecule has 0 atom stereocenters.